The highest BCUT2D eigenvalue weighted by Crippen LogP contribution is 2.48. The molecule has 1 aliphatic rings. The number of benzene rings is 2. The van der Waals surface area contributed by atoms with Crippen LogP contribution in [0.15, 0.2) is 30.3 Å². The molecule has 7 heteroatoms. The second-order valence-electron chi connectivity index (χ2n) is 5.73. The minimum absolute atomic E-state index is 0.195. The summed E-state index contributed by atoms with van der Waals surface area (Å²) in [4.78, 5) is 24.3. The average Bonchev–Trinajstić information content (AvgIpc) is 2.58. The number of ketones is 2. The summed E-state index contributed by atoms with van der Waals surface area (Å²) >= 11 is 0. The van der Waals surface area contributed by atoms with E-state index >= 15 is 0 Å². The van der Waals surface area contributed by atoms with Crippen LogP contribution in [0, 0.1) is 0 Å². The maximum atomic E-state index is 12.6. The van der Waals surface area contributed by atoms with Gasteiger partial charge in [-0.25, -0.2) is 0 Å². The Balaban J connectivity index is 2.25. The molecule has 2 aromatic rings. The molecule has 2 atom stereocenters. The first-order valence-corrected chi connectivity index (χ1v) is 7.54. The van der Waals surface area contributed by atoms with Crippen LogP contribution in [-0.2, 0) is 6.61 Å². The Bertz CT molecular complexity index is 858. The number of hydrogen-bond donors (Lipinski definition) is 4. The number of phenols is 2. The Kier molecular flexibility index (Phi) is 4.20. The standard InChI is InChI=1S/C18H16O7/c1-8(20)11-13(21)10(7-19)18-12(14(11)22)15(23)16(24)17(25-18)9-5-3-2-4-6-9/h2-6,16-17,19,21-22,24H,7H2,1H3. The van der Waals surface area contributed by atoms with E-state index < -0.39 is 53.0 Å². The molecular weight excluding hydrogens is 328 g/mol. The molecule has 1 heterocycles. The number of Topliss-reactive ketones (excluding diaryl/α,β-unsaturated/α-hetero) is 2. The summed E-state index contributed by atoms with van der Waals surface area (Å²) in [5.74, 6) is -3.22. The lowest BCUT2D eigenvalue weighted by atomic mass is 9.88. The molecule has 0 fully saturated rings. The van der Waals surface area contributed by atoms with Crippen molar-refractivity contribution in [1.29, 1.82) is 0 Å². The third kappa shape index (κ3) is 2.54. The van der Waals surface area contributed by atoms with Crippen molar-refractivity contribution in [3.8, 4) is 17.2 Å². The van der Waals surface area contributed by atoms with Crippen LogP contribution in [0.3, 0.4) is 0 Å². The number of aliphatic hydroxyl groups is 2. The highest BCUT2D eigenvalue weighted by atomic mass is 16.5. The van der Waals surface area contributed by atoms with Crippen LogP contribution in [0.5, 0.6) is 17.2 Å². The van der Waals surface area contributed by atoms with Gasteiger partial charge in [-0.1, -0.05) is 30.3 Å². The number of aliphatic hydroxyl groups excluding tert-OH is 2. The van der Waals surface area contributed by atoms with Crippen LogP contribution in [0.25, 0.3) is 0 Å². The molecule has 0 aliphatic carbocycles. The first-order valence-electron chi connectivity index (χ1n) is 7.54. The number of fused-ring (bicyclic) bond motifs is 1. The lowest BCUT2D eigenvalue weighted by Gasteiger charge is -2.32. The van der Waals surface area contributed by atoms with Crippen molar-refractivity contribution in [3.63, 3.8) is 0 Å². The molecule has 0 bridgehead atoms. The SMILES string of the molecule is CC(=O)c1c(O)c(CO)c2c(c1O)C(=O)C(O)C(c1ccccc1)O2. The van der Waals surface area contributed by atoms with Crippen LogP contribution in [0.2, 0.25) is 0 Å². The lowest BCUT2D eigenvalue weighted by Crippen LogP contribution is -2.37. The van der Waals surface area contributed by atoms with E-state index in [1.54, 1.807) is 30.3 Å². The summed E-state index contributed by atoms with van der Waals surface area (Å²) in [6, 6.07) is 8.45. The molecule has 7 nitrogen and oxygen atoms in total. The molecule has 0 radical (unpaired) electrons. The molecule has 0 saturated carbocycles. The molecule has 25 heavy (non-hydrogen) atoms. The summed E-state index contributed by atoms with van der Waals surface area (Å²) in [6.45, 7) is 0.374. The van der Waals surface area contributed by atoms with Crippen molar-refractivity contribution in [1.82, 2.24) is 0 Å². The largest absolute Gasteiger partial charge is 0.507 e. The molecule has 2 aromatic carbocycles. The summed E-state index contributed by atoms with van der Waals surface area (Å²) < 4.78 is 5.66. The number of carbonyl (C=O) groups excluding carboxylic acids is 2. The lowest BCUT2D eigenvalue weighted by molar-refractivity contribution is 0.0200. The Morgan fingerprint density at radius 3 is 2.36 bits per heavy atom. The molecular formula is C18H16O7. The Morgan fingerprint density at radius 2 is 1.80 bits per heavy atom. The van der Waals surface area contributed by atoms with Gasteiger partial charge in [0.2, 0.25) is 5.78 Å². The van der Waals surface area contributed by atoms with Crippen molar-refractivity contribution in [3.05, 3.63) is 52.6 Å². The van der Waals surface area contributed by atoms with Gasteiger partial charge in [0, 0.05) is 0 Å². The number of carbonyl (C=O) groups is 2. The smallest absolute Gasteiger partial charge is 0.202 e. The highest BCUT2D eigenvalue weighted by molar-refractivity contribution is 6.11. The minimum atomic E-state index is -1.61. The number of hydrogen-bond acceptors (Lipinski definition) is 7. The zero-order valence-corrected chi connectivity index (χ0v) is 13.3. The fraction of sp³-hybridized carbons (Fsp3) is 0.222. The van der Waals surface area contributed by atoms with Gasteiger partial charge in [-0.05, 0) is 12.5 Å². The van der Waals surface area contributed by atoms with Crippen molar-refractivity contribution in [2.75, 3.05) is 0 Å². The van der Waals surface area contributed by atoms with Gasteiger partial charge in [-0.15, -0.1) is 0 Å². The van der Waals surface area contributed by atoms with Crippen molar-refractivity contribution >= 4 is 11.6 Å². The van der Waals surface area contributed by atoms with Crippen molar-refractivity contribution in [2.45, 2.75) is 25.7 Å². The van der Waals surface area contributed by atoms with E-state index in [9.17, 15) is 30.0 Å². The maximum Gasteiger partial charge on any atom is 0.202 e. The molecule has 0 spiro atoms. The third-order valence-corrected chi connectivity index (χ3v) is 4.18. The first-order chi connectivity index (χ1) is 11.9. The first kappa shape index (κ1) is 16.9. The van der Waals surface area contributed by atoms with Crippen LogP contribution >= 0.6 is 0 Å². The summed E-state index contributed by atoms with van der Waals surface area (Å²) in [6.07, 6.45) is -2.69. The molecule has 130 valence electrons. The van der Waals surface area contributed by atoms with Crippen LogP contribution in [-0.4, -0.2) is 38.1 Å². The van der Waals surface area contributed by atoms with Crippen molar-refractivity contribution in [2.24, 2.45) is 0 Å². The number of phenolic OH excluding ortho intramolecular Hbond substituents is 1. The van der Waals surface area contributed by atoms with Crippen LogP contribution in [0.1, 0.15) is 44.9 Å². The fourth-order valence-electron chi connectivity index (χ4n) is 2.96. The van der Waals surface area contributed by atoms with Gasteiger partial charge >= 0.3 is 0 Å². The van der Waals surface area contributed by atoms with E-state index in [-0.39, 0.29) is 11.3 Å². The molecule has 3 rings (SSSR count). The molecule has 1 aliphatic heterocycles. The second kappa shape index (κ2) is 6.19. The topological polar surface area (TPSA) is 124 Å². The van der Waals surface area contributed by atoms with Gasteiger partial charge < -0.3 is 25.2 Å². The predicted molar refractivity (Wildman–Crippen MR) is 85.8 cm³/mol. The maximum absolute atomic E-state index is 12.6. The fourth-order valence-corrected chi connectivity index (χ4v) is 2.96. The van der Waals surface area contributed by atoms with Gasteiger partial charge in [0.15, 0.2) is 18.0 Å². The zero-order chi connectivity index (χ0) is 18.3. The Hall–Kier alpha value is -2.90. The molecule has 0 amide bonds. The summed E-state index contributed by atoms with van der Waals surface area (Å²) in [7, 11) is 0. The quantitative estimate of drug-likeness (QED) is 0.622. The Morgan fingerprint density at radius 1 is 1.16 bits per heavy atom. The molecule has 0 aromatic heterocycles. The van der Waals surface area contributed by atoms with Gasteiger partial charge in [0.05, 0.1) is 12.2 Å². The Labute approximate surface area is 142 Å². The van der Waals surface area contributed by atoms with Gasteiger partial charge in [-0.3, -0.25) is 9.59 Å². The average molecular weight is 344 g/mol. The second-order valence-corrected chi connectivity index (χ2v) is 5.73. The van der Waals surface area contributed by atoms with Gasteiger partial charge in [-0.2, -0.15) is 0 Å². The minimum Gasteiger partial charge on any atom is -0.507 e. The van der Waals surface area contributed by atoms with Crippen LogP contribution in [0.4, 0.5) is 0 Å². The highest BCUT2D eigenvalue weighted by Gasteiger charge is 2.42. The van der Waals surface area contributed by atoms with Gasteiger partial charge in [0.1, 0.15) is 28.4 Å². The van der Waals surface area contributed by atoms with E-state index in [1.807, 2.05) is 0 Å². The van der Waals surface area contributed by atoms with Crippen molar-refractivity contribution < 1.29 is 34.8 Å². The zero-order valence-electron chi connectivity index (χ0n) is 13.3. The number of rotatable bonds is 3. The van der Waals surface area contributed by atoms with E-state index in [0.717, 1.165) is 6.92 Å². The third-order valence-electron chi connectivity index (χ3n) is 4.18. The normalized spacial score (nSPS) is 19.2. The number of ether oxygens (including phenoxy) is 1. The molecule has 2 unspecified atom stereocenters. The molecule has 4 N–H and O–H groups in total. The van der Waals surface area contributed by atoms with Gasteiger partial charge in [0.25, 0.3) is 0 Å². The van der Waals surface area contributed by atoms with E-state index in [1.165, 1.54) is 0 Å². The van der Waals surface area contributed by atoms with E-state index in [2.05, 4.69) is 0 Å². The predicted octanol–water partition coefficient (Wildman–Crippen LogP) is 1.47. The number of aromatic hydroxyl groups is 2. The summed E-state index contributed by atoms with van der Waals surface area (Å²) in [5.41, 5.74) is -0.608. The monoisotopic (exact) mass is 344 g/mol. The van der Waals surface area contributed by atoms with Crippen LogP contribution < -0.4 is 4.74 Å². The molecule has 0 saturated heterocycles. The summed E-state index contributed by atoms with van der Waals surface area (Å²) in [5, 5.41) is 40.4. The van der Waals surface area contributed by atoms with E-state index in [0.29, 0.717) is 5.56 Å². The van der Waals surface area contributed by atoms with E-state index in [4.69, 9.17) is 4.74 Å².